The second kappa shape index (κ2) is 7.70. The minimum Gasteiger partial charge on any atom is -0.494 e. The molecule has 6 heteroatoms. The van der Waals surface area contributed by atoms with E-state index in [0.29, 0.717) is 31.0 Å². The first-order chi connectivity index (χ1) is 13.2. The molecule has 2 aromatic carbocycles. The van der Waals surface area contributed by atoms with Crippen LogP contribution in [-0.4, -0.2) is 31.6 Å². The van der Waals surface area contributed by atoms with E-state index >= 15 is 0 Å². The molecule has 6 nitrogen and oxygen atoms in total. The van der Waals surface area contributed by atoms with Gasteiger partial charge in [-0.05, 0) is 43.5 Å². The molecule has 0 bridgehead atoms. The first-order valence-corrected chi connectivity index (χ1v) is 9.26. The summed E-state index contributed by atoms with van der Waals surface area (Å²) in [7, 11) is 0. The van der Waals surface area contributed by atoms with E-state index in [1.807, 2.05) is 42.5 Å². The summed E-state index contributed by atoms with van der Waals surface area (Å²) >= 11 is 0. The summed E-state index contributed by atoms with van der Waals surface area (Å²) in [5.41, 5.74) is 1.43. The van der Waals surface area contributed by atoms with Crippen LogP contribution in [0.1, 0.15) is 19.3 Å². The number of hydrogen-bond donors (Lipinski definition) is 1. The van der Waals surface area contributed by atoms with Gasteiger partial charge in [-0.2, -0.15) is 0 Å². The summed E-state index contributed by atoms with van der Waals surface area (Å²) < 4.78 is 11.3. The lowest BCUT2D eigenvalue weighted by atomic mass is 10.2. The van der Waals surface area contributed by atoms with Crippen molar-refractivity contribution in [2.75, 3.05) is 30.0 Å². The molecule has 1 saturated carbocycles. The van der Waals surface area contributed by atoms with Crippen LogP contribution in [-0.2, 0) is 9.59 Å². The van der Waals surface area contributed by atoms with E-state index in [9.17, 15) is 9.59 Å². The average Bonchev–Trinajstić information content (AvgIpc) is 3.53. The predicted molar refractivity (Wildman–Crippen MR) is 102 cm³/mol. The third kappa shape index (κ3) is 4.22. The fraction of sp³-hybridized carbons (Fsp3) is 0.333. The number of nitrogens with zero attached hydrogens (tertiary/aromatic N) is 1. The molecule has 0 saturated heterocycles. The summed E-state index contributed by atoms with van der Waals surface area (Å²) in [6.45, 7) is 1.09. The largest absolute Gasteiger partial charge is 0.494 e. The molecule has 1 heterocycles. The van der Waals surface area contributed by atoms with Crippen LogP contribution in [0.4, 0.5) is 11.4 Å². The van der Waals surface area contributed by atoms with Crippen molar-refractivity contribution in [2.24, 2.45) is 5.92 Å². The Morgan fingerprint density at radius 1 is 1.19 bits per heavy atom. The van der Waals surface area contributed by atoms with Gasteiger partial charge in [-0.1, -0.05) is 18.2 Å². The Labute approximate surface area is 158 Å². The first-order valence-electron chi connectivity index (χ1n) is 9.26. The van der Waals surface area contributed by atoms with Gasteiger partial charge in [0.25, 0.3) is 5.91 Å². The Bertz CT molecular complexity index is 833. The zero-order valence-electron chi connectivity index (χ0n) is 15.0. The van der Waals surface area contributed by atoms with Crippen LogP contribution < -0.4 is 19.7 Å². The monoisotopic (exact) mass is 366 g/mol. The molecule has 2 aromatic rings. The molecule has 2 amide bonds. The Hall–Kier alpha value is -3.02. The van der Waals surface area contributed by atoms with E-state index < -0.39 is 0 Å². The van der Waals surface area contributed by atoms with Gasteiger partial charge >= 0.3 is 0 Å². The van der Waals surface area contributed by atoms with Gasteiger partial charge in [0.05, 0.1) is 12.3 Å². The molecule has 0 radical (unpaired) electrons. The lowest BCUT2D eigenvalue weighted by Crippen LogP contribution is -2.39. The molecule has 27 heavy (non-hydrogen) atoms. The number of ether oxygens (including phenoxy) is 2. The standard InChI is InChI=1S/C21H22N2O4/c24-20-14-27-19-13-16(22-21(25)15-7-8-15)9-10-18(19)23(20)11-4-12-26-17-5-2-1-3-6-17/h1-3,5-6,9-10,13,15H,4,7-8,11-12,14H2,(H,22,25). The SMILES string of the molecule is O=C(Nc1ccc2c(c1)OCC(=O)N2CCCOc1ccccc1)C1CC1. The maximum atomic E-state index is 12.3. The van der Waals surface area contributed by atoms with Gasteiger partial charge < -0.3 is 19.7 Å². The van der Waals surface area contributed by atoms with Crippen molar-refractivity contribution < 1.29 is 19.1 Å². The Morgan fingerprint density at radius 2 is 2.00 bits per heavy atom. The highest BCUT2D eigenvalue weighted by atomic mass is 16.5. The maximum Gasteiger partial charge on any atom is 0.265 e. The quantitative estimate of drug-likeness (QED) is 0.764. The normalized spacial score (nSPS) is 15.7. The predicted octanol–water partition coefficient (Wildman–Crippen LogP) is 3.23. The number of para-hydroxylation sites is 1. The fourth-order valence-corrected chi connectivity index (χ4v) is 3.05. The molecule has 0 atom stereocenters. The number of amides is 2. The second-order valence-corrected chi connectivity index (χ2v) is 6.80. The van der Waals surface area contributed by atoms with E-state index in [1.165, 1.54) is 0 Å². The molecule has 0 aromatic heterocycles. The molecule has 1 aliphatic heterocycles. The molecular weight excluding hydrogens is 344 g/mol. The molecule has 0 spiro atoms. The number of hydrogen-bond acceptors (Lipinski definition) is 4. The number of fused-ring (bicyclic) bond motifs is 1. The summed E-state index contributed by atoms with van der Waals surface area (Å²) in [5.74, 6) is 1.56. The van der Waals surface area contributed by atoms with Gasteiger partial charge in [0, 0.05) is 24.2 Å². The highest BCUT2D eigenvalue weighted by Gasteiger charge is 2.30. The van der Waals surface area contributed by atoms with Crippen LogP contribution in [0.3, 0.4) is 0 Å². The van der Waals surface area contributed by atoms with Crippen molar-refractivity contribution in [3.63, 3.8) is 0 Å². The topological polar surface area (TPSA) is 67.9 Å². The lowest BCUT2D eigenvalue weighted by Gasteiger charge is -2.29. The third-order valence-corrected chi connectivity index (χ3v) is 4.66. The van der Waals surface area contributed by atoms with Crippen LogP contribution in [0, 0.1) is 5.92 Å². The van der Waals surface area contributed by atoms with Gasteiger partial charge in [0.15, 0.2) is 6.61 Å². The summed E-state index contributed by atoms with van der Waals surface area (Å²) in [6, 6.07) is 15.0. The van der Waals surface area contributed by atoms with Gasteiger partial charge in [-0.15, -0.1) is 0 Å². The lowest BCUT2D eigenvalue weighted by molar-refractivity contribution is -0.121. The van der Waals surface area contributed by atoms with E-state index in [4.69, 9.17) is 9.47 Å². The Kier molecular flexibility index (Phi) is 4.96. The molecule has 2 aliphatic rings. The molecule has 4 rings (SSSR count). The average molecular weight is 366 g/mol. The smallest absolute Gasteiger partial charge is 0.265 e. The zero-order chi connectivity index (χ0) is 18.6. The van der Waals surface area contributed by atoms with Crippen molar-refractivity contribution in [3.05, 3.63) is 48.5 Å². The third-order valence-electron chi connectivity index (χ3n) is 4.66. The Morgan fingerprint density at radius 3 is 2.78 bits per heavy atom. The van der Waals surface area contributed by atoms with E-state index in [-0.39, 0.29) is 24.3 Å². The van der Waals surface area contributed by atoms with Crippen molar-refractivity contribution in [1.29, 1.82) is 0 Å². The van der Waals surface area contributed by atoms with Gasteiger partial charge in [0.1, 0.15) is 11.5 Å². The number of anilines is 2. The molecule has 1 aliphatic carbocycles. The number of rotatable bonds is 7. The van der Waals surface area contributed by atoms with Crippen molar-refractivity contribution in [2.45, 2.75) is 19.3 Å². The minimum absolute atomic E-state index is 0.00652. The van der Waals surface area contributed by atoms with E-state index in [2.05, 4.69) is 5.32 Å². The first kappa shape index (κ1) is 17.4. The molecule has 0 unspecified atom stereocenters. The van der Waals surface area contributed by atoms with Crippen molar-refractivity contribution >= 4 is 23.2 Å². The number of benzene rings is 2. The van der Waals surface area contributed by atoms with E-state index in [0.717, 1.165) is 24.3 Å². The summed E-state index contributed by atoms with van der Waals surface area (Å²) in [5, 5.41) is 2.91. The maximum absolute atomic E-state index is 12.3. The van der Waals surface area contributed by atoms with Crippen LogP contribution in [0.15, 0.2) is 48.5 Å². The van der Waals surface area contributed by atoms with Gasteiger partial charge in [0.2, 0.25) is 5.91 Å². The highest BCUT2D eigenvalue weighted by Crippen LogP contribution is 2.36. The fourth-order valence-electron chi connectivity index (χ4n) is 3.05. The number of carbonyl (C=O) groups is 2. The zero-order valence-corrected chi connectivity index (χ0v) is 15.0. The minimum atomic E-state index is -0.0722. The van der Waals surface area contributed by atoms with Crippen molar-refractivity contribution in [1.82, 2.24) is 0 Å². The number of nitrogens with one attached hydrogen (secondary N) is 1. The summed E-state index contributed by atoms with van der Waals surface area (Å²) in [6.07, 6.45) is 2.63. The van der Waals surface area contributed by atoms with Gasteiger partial charge in [-0.3, -0.25) is 9.59 Å². The highest BCUT2D eigenvalue weighted by molar-refractivity contribution is 5.99. The molecule has 1 fully saturated rings. The van der Waals surface area contributed by atoms with Crippen LogP contribution in [0.5, 0.6) is 11.5 Å². The second-order valence-electron chi connectivity index (χ2n) is 6.80. The summed E-state index contributed by atoms with van der Waals surface area (Å²) in [4.78, 5) is 25.9. The van der Waals surface area contributed by atoms with Gasteiger partial charge in [-0.25, -0.2) is 0 Å². The molecule has 140 valence electrons. The molecular formula is C21H22N2O4. The van der Waals surface area contributed by atoms with Crippen LogP contribution >= 0.6 is 0 Å². The van der Waals surface area contributed by atoms with Crippen molar-refractivity contribution in [3.8, 4) is 11.5 Å². The van der Waals surface area contributed by atoms with Crippen LogP contribution in [0.25, 0.3) is 0 Å². The number of carbonyl (C=O) groups excluding carboxylic acids is 2. The van der Waals surface area contributed by atoms with E-state index in [1.54, 1.807) is 11.0 Å². The molecule has 1 N–H and O–H groups in total. The Balaban J connectivity index is 1.37. The van der Waals surface area contributed by atoms with Crippen LogP contribution in [0.2, 0.25) is 0 Å².